The molecule has 0 unspecified atom stereocenters. The van der Waals surface area contributed by atoms with Gasteiger partial charge in [-0.1, -0.05) is 6.58 Å². The van der Waals surface area contributed by atoms with Gasteiger partial charge in [0, 0.05) is 6.42 Å². The Bertz CT molecular complexity index is 227. The third kappa shape index (κ3) is 5.32. The van der Waals surface area contributed by atoms with E-state index >= 15 is 0 Å². The molecule has 0 aliphatic heterocycles. The van der Waals surface area contributed by atoms with E-state index in [4.69, 9.17) is 9.05 Å². The summed E-state index contributed by atoms with van der Waals surface area (Å²) in [6.07, 6.45) is 1.49. The van der Waals surface area contributed by atoms with E-state index in [9.17, 15) is 9.36 Å². The van der Waals surface area contributed by atoms with Crippen molar-refractivity contribution in [3.05, 3.63) is 12.7 Å². The van der Waals surface area contributed by atoms with E-state index in [1.807, 2.05) is 0 Å². The summed E-state index contributed by atoms with van der Waals surface area (Å²) in [6.45, 7) is 7.44. The summed E-state index contributed by atoms with van der Waals surface area (Å²) in [6, 6.07) is 0. The van der Waals surface area contributed by atoms with E-state index < -0.39 is 7.60 Å². The molecule has 0 rings (SSSR count). The van der Waals surface area contributed by atoms with E-state index in [1.165, 1.54) is 6.08 Å². The Morgan fingerprint density at radius 1 is 1.36 bits per heavy atom. The zero-order chi connectivity index (χ0) is 11.0. The average Bonchev–Trinajstić information content (AvgIpc) is 2.15. The van der Waals surface area contributed by atoms with Crippen LogP contribution < -0.4 is 0 Å². The Kier molecular flexibility index (Phi) is 6.71. The predicted octanol–water partition coefficient (Wildman–Crippen LogP) is 2.40. The van der Waals surface area contributed by atoms with Crippen molar-refractivity contribution < 1.29 is 18.4 Å². The summed E-state index contributed by atoms with van der Waals surface area (Å²) in [5, 5.41) is 0. The predicted molar refractivity (Wildman–Crippen MR) is 55.5 cm³/mol. The van der Waals surface area contributed by atoms with Gasteiger partial charge in [0.25, 0.3) is 0 Å². The first-order valence-corrected chi connectivity index (χ1v) is 6.34. The van der Waals surface area contributed by atoms with Crippen LogP contribution in [0.2, 0.25) is 0 Å². The molecule has 0 aromatic carbocycles. The number of allylic oxidation sites excluding steroid dienone is 1. The third-order valence-corrected chi connectivity index (χ3v) is 3.59. The molecule has 0 heterocycles. The highest BCUT2D eigenvalue weighted by molar-refractivity contribution is 7.53. The molecule has 0 radical (unpaired) electrons. The van der Waals surface area contributed by atoms with Crippen molar-refractivity contribution in [2.24, 2.45) is 0 Å². The number of ketones is 1. The molecule has 0 fully saturated rings. The fourth-order valence-corrected chi connectivity index (χ4v) is 2.52. The van der Waals surface area contributed by atoms with Crippen molar-refractivity contribution >= 4 is 13.4 Å². The van der Waals surface area contributed by atoms with Crippen molar-refractivity contribution in [2.75, 3.05) is 19.4 Å². The Morgan fingerprint density at radius 3 is 2.21 bits per heavy atom. The van der Waals surface area contributed by atoms with Crippen LogP contribution in [-0.4, -0.2) is 25.2 Å². The Hall–Kier alpha value is -0.440. The standard InChI is InChI=1S/C9H17O4P/c1-4-9(10)7-8-14(11,12-5-2)13-6-3/h4H,1,5-8H2,2-3H3. The largest absolute Gasteiger partial charge is 0.331 e. The highest BCUT2D eigenvalue weighted by Gasteiger charge is 2.23. The van der Waals surface area contributed by atoms with Gasteiger partial charge in [-0.2, -0.15) is 0 Å². The van der Waals surface area contributed by atoms with E-state index in [1.54, 1.807) is 13.8 Å². The Labute approximate surface area is 84.8 Å². The van der Waals surface area contributed by atoms with E-state index in [0.29, 0.717) is 13.2 Å². The third-order valence-electron chi connectivity index (χ3n) is 1.51. The Morgan fingerprint density at radius 2 is 1.86 bits per heavy atom. The zero-order valence-electron chi connectivity index (χ0n) is 8.69. The van der Waals surface area contributed by atoms with Crippen molar-refractivity contribution in [3.8, 4) is 0 Å². The van der Waals surface area contributed by atoms with Gasteiger partial charge in [-0.3, -0.25) is 9.36 Å². The van der Waals surface area contributed by atoms with Crippen LogP contribution in [0.15, 0.2) is 12.7 Å². The van der Waals surface area contributed by atoms with Crippen LogP contribution in [0.5, 0.6) is 0 Å². The van der Waals surface area contributed by atoms with Crippen LogP contribution in [0.4, 0.5) is 0 Å². The van der Waals surface area contributed by atoms with Gasteiger partial charge in [-0.25, -0.2) is 0 Å². The SMILES string of the molecule is C=CC(=O)CCP(=O)(OCC)OCC. The van der Waals surface area contributed by atoms with Gasteiger partial charge in [0.05, 0.1) is 19.4 Å². The molecule has 0 aromatic heterocycles. The maximum atomic E-state index is 11.8. The van der Waals surface area contributed by atoms with Crippen LogP contribution in [0.3, 0.4) is 0 Å². The smallest absolute Gasteiger partial charge is 0.309 e. The van der Waals surface area contributed by atoms with Crippen LogP contribution in [0, 0.1) is 0 Å². The molecule has 0 saturated carbocycles. The van der Waals surface area contributed by atoms with Crippen LogP contribution in [-0.2, 0) is 18.4 Å². The minimum atomic E-state index is -3.06. The monoisotopic (exact) mass is 220 g/mol. The number of hydrogen-bond donors (Lipinski definition) is 0. The highest BCUT2D eigenvalue weighted by atomic mass is 31.2. The van der Waals surface area contributed by atoms with Gasteiger partial charge >= 0.3 is 7.60 Å². The van der Waals surface area contributed by atoms with E-state index in [0.717, 1.165) is 0 Å². The molecule has 0 aliphatic rings. The molecule has 0 spiro atoms. The van der Waals surface area contributed by atoms with Gasteiger partial charge in [-0.05, 0) is 19.9 Å². The minimum Gasteiger partial charge on any atom is -0.309 e. The summed E-state index contributed by atoms with van der Waals surface area (Å²) < 4.78 is 21.8. The van der Waals surface area contributed by atoms with Crippen molar-refractivity contribution in [3.63, 3.8) is 0 Å². The first-order chi connectivity index (χ1) is 6.58. The second-order valence-electron chi connectivity index (χ2n) is 2.59. The first kappa shape index (κ1) is 13.6. The van der Waals surface area contributed by atoms with Gasteiger partial charge in [0.2, 0.25) is 0 Å². The second kappa shape index (κ2) is 6.93. The summed E-state index contributed by atoms with van der Waals surface area (Å²) in [4.78, 5) is 10.9. The highest BCUT2D eigenvalue weighted by Crippen LogP contribution is 2.48. The van der Waals surface area contributed by atoms with E-state index in [2.05, 4.69) is 6.58 Å². The fourth-order valence-electron chi connectivity index (χ4n) is 0.909. The number of rotatable bonds is 8. The summed E-state index contributed by atoms with van der Waals surface area (Å²) in [5.41, 5.74) is 0. The van der Waals surface area contributed by atoms with Crippen LogP contribution >= 0.6 is 7.60 Å². The fraction of sp³-hybridized carbons (Fsp3) is 0.667. The topological polar surface area (TPSA) is 52.6 Å². The minimum absolute atomic E-state index is 0.125. The quantitative estimate of drug-likeness (QED) is 0.465. The molecule has 0 aromatic rings. The number of hydrogen-bond acceptors (Lipinski definition) is 4. The molecule has 0 N–H and O–H groups in total. The van der Waals surface area contributed by atoms with Crippen molar-refractivity contribution in [1.29, 1.82) is 0 Å². The molecule has 0 aliphatic carbocycles. The Balaban J connectivity index is 4.15. The lowest BCUT2D eigenvalue weighted by Gasteiger charge is -2.15. The number of carbonyl (C=O) groups excluding carboxylic acids is 1. The van der Waals surface area contributed by atoms with Gasteiger partial charge in [-0.15, -0.1) is 0 Å². The molecular formula is C9H17O4P. The van der Waals surface area contributed by atoms with Crippen molar-refractivity contribution in [1.82, 2.24) is 0 Å². The molecular weight excluding hydrogens is 203 g/mol. The zero-order valence-corrected chi connectivity index (χ0v) is 9.59. The van der Waals surface area contributed by atoms with Gasteiger partial charge in [0.15, 0.2) is 5.78 Å². The lowest BCUT2D eigenvalue weighted by atomic mass is 10.3. The van der Waals surface area contributed by atoms with E-state index in [-0.39, 0.29) is 18.4 Å². The number of carbonyl (C=O) groups is 1. The molecule has 0 atom stereocenters. The lowest BCUT2D eigenvalue weighted by Crippen LogP contribution is -2.04. The molecule has 5 heteroatoms. The first-order valence-electron chi connectivity index (χ1n) is 4.61. The molecule has 14 heavy (non-hydrogen) atoms. The average molecular weight is 220 g/mol. The molecule has 4 nitrogen and oxygen atoms in total. The maximum Gasteiger partial charge on any atom is 0.331 e. The summed E-state index contributed by atoms with van der Waals surface area (Å²) in [5.74, 6) is -0.148. The van der Waals surface area contributed by atoms with Crippen LogP contribution in [0.1, 0.15) is 20.3 Å². The lowest BCUT2D eigenvalue weighted by molar-refractivity contribution is -0.114. The van der Waals surface area contributed by atoms with Crippen molar-refractivity contribution in [2.45, 2.75) is 20.3 Å². The molecule has 0 bridgehead atoms. The normalized spacial score (nSPS) is 11.3. The molecule has 0 saturated heterocycles. The second-order valence-corrected chi connectivity index (χ2v) is 4.78. The van der Waals surface area contributed by atoms with Gasteiger partial charge in [0.1, 0.15) is 0 Å². The molecule has 82 valence electrons. The maximum absolute atomic E-state index is 11.8. The van der Waals surface area contributed by atoms with Gasteiger partial charge < -0.3 is 9.05 Å². The summed E-state index contributed by atoms with van der Waals surface area (Å²) >= 11 is 0. The molecule has 0 amide bonds. The van der Waals surface area contributed by atoms with Crippen LogP contribution in [0.25, 0.3) is 0 Å². The summed E-state index contributed by atoms with van der Waals surface area (Å²) in [7, 11) is -3.06.